The average molecular weight is 382 g/mol. The lowest BCUT2D eigenvalue weighted by molar-refractivity contribution is -0.110. The van der Waals surface area contributed by atoms with Crippen molar-refractivity contribution in [1.82, 2.24) is 0 Å². The molecule has 0 atom stereocenters. The summed E-state index contributed by atoms with van der Waals surface area (Å²) in [5.74, 6) is 0.888. The molecule has 2 nitrogen and oxygen atoms in total. The van der Waals surface area contributed by atoms with Crippen LogP contribution in [0.5, 0.6) is 0 Å². The van der Waals surface area contributed by atoms with E-state index >= 15 is 0 Å². The smallest absolute Gasteiger partial charge is 0.202 e. The van der Waals surface area contributed by atoms with Gasteiger partial charge in [-0.2, -0.15) is 5.26 Å². The van der Waals surface area contributed by atoms with E-state index in [0.29, 0.717) is 0 Å². The number of carbonyl (C=O) groups excluding carboxylic acids is 1. The summed E-state index contributed by atoms with van der Waals surface area (Å²) in [5, 5.41) is 8.44. The van der Waals surface area contributed by atoms with Gasteiger partial charge in [-0.05, 0) is 6.42 Å². The van der Waals surface area contributed by atoms with Crippen LogP contribution in [-0.2, 0) is 4.79 Å². The first kappa shape index (κ1) is 25.5. The molecule has 0 fully saturated rings. The van der Waals surface area contributed by atoms with Crippen LogP contribution in [-0.4, -0.2) is 10.9 Å². The van der Waals surface area contributed by atoms with Crippen LogP contribution in [0.4, 0.5) is 0 Å². The molecule has 26 heavy (non-hydrogen) atoms. The molecule has 152 valence electrons. The van der Waals surface area contributed by atoms with E-state index in [4.69, 9.17) is 5.26 Å². The maximum absolute atomic E-state index is 11.2. The number of nitriles is 1. The molecule has 0 radical (unpaired) electrons. The fourth-order valence-electron chi connectivity index (χ4n) is 3.31. The largest absolute Gasteiger partial charge is 0.286 e. The van der Waals surface area contributed by atoms with Crippen LogP contribution in [0.2, 0.25) is 0 Å². The molecule has 0 aromatic carbocycles. The zero-order chi connectivity index (χ0) is 19.1. The van der Waals surface area contributed by atoms with Crippen LogP contribution >= 0.6 is 11.8 Å². The lowest BCUT2D eigenvalue weighted by Crippen LogP contribution is -1.91. The van der Waals surface area contributed by atoms with Crippen LogP contribution in [0.1, 0.15) is 129 Å². The maximum Gasteiger partial charge on any atom is 0.202 e. The molecule has 0 rings (SSSR count). The van der Waals surface area contributed by atoms with Gasteiger partial charge in [-0.15, -0.1) is 0 Å². The third-order valence-electron chi connectivity index (χ3n) is 4.98. The number of unbranched alkanes of at least 4 members (excludes halogenated alkanes) is 17. The highest BCUT2D eigenvalue weighted by molar-refractivity contribution is 8.13. The summed E-state index contributed by atoms with van der Waals surface area (Å²) >= 11 is 1.33. The number of nitrogens with zero attached hydrogens (tertiary/aromatic N) is 1. The van der Waals surface area contributed by atoms with E-state index in [9.17, 15) is 4.79 Å². The van der Waals surface area contributed by atoms with E-state index in [-0.39, 0.29) is 11.5 Å². The second-order valence-electron chi connectivity index (χ2n) is 7.57. The molecule has 0 saturated carbocycles. The van der Waals surface area contributed by atoms with Crippen molar-refractivity contribution in [2.24, 2.45) is 0 Å². The second-order valence-corrected chi connectivity index (χ2v) is 8.72. The number of rotatable bonds is 20. The van der Waals surface area contributed by atoms with Gasteiger partial charge in [0.1, 0.15) is 6.42 Å². The van der Waals surface area contributed by atoms with Crippen molar-refractivity contribution in [3.05, 3.63) is 0 Å². The van der Waals surface area contributed by atoms with E-state index in [1.807, 2.05) is 6.07 Å². The molecule has 0 aromatic rings. The number of hydrogen-bond acceptors (Lipinski definition) is 3. The molecule has 0 aliphatic heterocycles. The van der Waals surface area contributed by atoms with Crippen molar-refractivity contribution in [3.63, 3.8) is 0 Å². The Labute approximate surface area is 167 Å². The molecule has 0 bridgehead atoms. The molecule has 0 aromatic heterocycles. The Kier molecular flexibility index (Phi) is 22.1. The molecule has 0 amide bonds. The van der Waals surface area contributed by atoms with Gasteiger partial charge in [-0.1, -0.05) is 128 Å². The van der Waals surface area contributed by atoms with Crippen LogP contribution < -0.4 is 0 Å². The average Bonchev–Trinajstić information content (AvgIpc) is 2.64. The van der Waals surface area contributed by atoms with Crippen molar-refractivity contribution in [2.75, 3.05) is 5.75 Å². The summed E-state index contributed by atoms with van der Waals surface area (Å²) in [6.45, 7) is 2.28. The van der Waals surface area contributed by atoms with Gasteiger partial charge in [0.15, 0.2) is 0 Å². The Balaban J connectivity index is 3.03. The highest BCUT2D eigenvalue weighted by Crippen LogP contribution is 2.15. The van der Waals surface area contributed by atoms with Crippen molar-refractivity contribution < 1.29 is 4.79 Å². The Hall–Kier alpha value is -0.490. The Morgan fingerprint density at radius 1 is 0.654 bits per heavy atom. The molecule has 0 aliphatic carbocycles. The minimum Gasteiger partial charge on any atom is -0.286 e. The van der Waals surface area contributed by atoms with Gasteiger partial charge in [0.2, 0.25) is 5.12 Å². The first-order chi connectivity index (χ1) is 12.8. The highest BCUT2D eigenvalue weighted by atomic mass is 32.2. The lowest BCUT2D eigenvalue weighted by Gasteiger charge is -2.04. The lowest BCUT2D eigenvalue weighted by atomic mass is 10.0. The zero-order valence-corrected chi connectivity index (χ0v) is 18.2. The third kappa shape index (κ3) is 21.6. The Morgan fingerprint density at radius 2 is 1.00 bits per heavy atom. The van der Waals surface area contributed by atoms with E-state index in [2.05, 4.69) is 6.92 Å². The SMILES string of the molecule is CCCCCCCCCCCCCCCCCCCCSC(=O)CC#N. The summed E-state index contributed by atoms with van der Waals surface area (Å²) in [4.78, 5) is 11.2. The molecule has 0 saturated heterocycles. The highest BCUT2D eigenvalue weighted by Gasteiger charge is 2.00. The minimum atomic E-state index is 0.0273. The molecule has 0 N–H and O–H groups in total. The molecule has 0 unspecified atom stereocenters. The summed E-state index contributed by atoms with van der Waals surface area (Å²) < 4.78 is 0. The van der Waals surface area contributed by atoms with Crippen LogP contribution in [0, 0.1) is 11.3 Å². The monoisotopic (exact) mass is 381 g/mol. The summed E-state index contributed by atoms with van der Waals surface area (Å²) in [6.07, 6.45) is 25.0. The van der Waals surface area contributed by atoms with Crippen molar-refractivity contribution in [3.8, 4) is 6.07 Å². The van der Waals surface area contributed by atoms with Gasteiger partial charge < -0.3 is 0 Å². The molecule has 0 spiro atoms. The Bertz CT molecular complexity index is 338. The second kappa shape index (κ2) is 22.6. The van der Waals surface area contributed by atoms with Gasteiger partial charge in [0, 0.05) is 5.75 Å². The van der Waals surface area contributed by atoms with Gasteiger partial charge in [-0.25, -0.2) is 0 Å². The normalized spacial score (nSPS) is 10.8. The molecule has 3 heteroatoms. The predicted molar refractivity (Wildman–Crippen MR) is 116 cm³/mol. The van der Waals surface area contributed by atoms with Gasteiger partial charge >= 0.3 is 0 Å². The van der Waals surface area contributed by atoms with Crippen molar-refractivity contribution in [1.29, 1.82) is 5.26 Å². The van der Waals surface area contributed by atoms with Gasteiger partial charge in [-0.3, -0.25) is 4.79 Å². The fraction of sp³-hybridized carbons (Fsp3) is 0.913. The fourth-order valence-corrected chi connectivity index (χ4v) is 4.05. The quantitative estimate of drug-likeness (QED) is 0.199. The van der Waals surface area contributed by atoms with Crippen LogP contribution in [0.15, 0.2) is 0 Å². The molecule has 0 heterocycles. The van der Waals surface area contributed by atoms with Gasteiger partial charge in [0.05, 0.1) is 6.07 Å². The molecular weight excluding hydrogens is 338 g/mol. The van der Waals surface area contributed by atoms with Gasteiger partial charge in [0.25, 0.3) is 0 Å². The zero-order valence-electron chi connectivity index (χ0n) is 17.4. The number of hydrogen-bond donors (Lipinski definition) is 0. The first-order valence-electron chi connectivity index (χ1n) is 11.3. The van der Waals surface area contributed by atoms with Crippen LogP contribution in [0.3, 0.4) is 0 Å². The maximum atomic E-state index is 11.2. The van der Waals surface area contributed by atoms with Crippen molar-refractivity contribution in [2.45, 2.75) is 129 Å². The van der Waals surface area contributed by atoms with E-state index in [1.165, 1.54) is 121 Å². The van der Waals surface area contributed by atoms with E-state index in [1.54, 1.807) is 0 Å². The summed E-state index contributed by atoms with van der Waals surface area (Å²) in [6, 6.07) is 1.91. The Morgan fingerprint density at radius 3 is 1.35 bits per heavy atom. The van der Waals surface area contributed by atoms with E-state index in [0.717, 1.165) is 12.2 Å². The number of thioether (sulfide) groups is 1. The van der Waals surface area contributed by atoms with Crippen LogP contribution in [0.25, 0.3) is 0 Å². The molecular formula is C23H43NOS. The molecule has 0 aliphatic rings. The van der Waals surface area contributed by atoms with Crippen molar-refractivity contribution >= 4 is 16.9 Å². The first-order valence-corrected chi connectivity index (χ1v) is 12.3. The summed E-state index contributed by atoms with van der Waals surface area (Å²) in [5.41, 5.74) is 0. The predicted octanol–water partition coefficient (Wildman–Crippen LogP) is 8.20. The number of carbonyl (C=O) groups is 1. The summed E-state index contributed by atoms with van der Waals surface area (Å²) in [7, 11) is 0. The topological polar surface area (TPSA) is 40.9 Å². The standard InChI is InChI=1S/C23H43NOS/c1-2-3-4-5-6-7-8-9-10-11-12-13-14-15-16-17-18-19-22-26-23(25)20-21-24/h2-20,22H2,1H3. The van der Waals surface area contributed by atoms with E-state index < -0.39 is 0 Å². The minimum absolute atomic E-state index is 0.0273. The third-order valence-corrected chi connectivity index (χ3v) is 5.94.